The van der Waals surface area contributed by atoms with Crippen LogP contribution >= 0.6 is 0 Å². The molecular formula is C28H57N3O2. The second-order valence-corrected chi connectivity index (χ2v) is 9.61. The molecule has 0 aromatic heterocycles. The van der Waals surface area contributed by atoms with Crippen LogP contribution in [0.2, 0.25) is 0 Å². The van der Waals surface area contributed by atoms with Gasteiger partial charge in [0.05, 0.1) is 0 Å². The van der Waals surface area contributed by atoms with Gasteiger partial charge < -0.3 is 16.0 Å². The summed E-state index contributed by atoms with van der Waals surface area (Å²) < 4.78 is 0. The van der Waals surface area contributed by atoms with Crippen LogP contribution in [0.4, 0.5) is 0 Å². The number of nitrogens with one attached hydrogen (secondary N) is 3. The fourth-order valence-electron chi connectivity index (χ4n) is 4.07. The number of unbranched alkanes of at least 4 members (excludes halogenated alkanes) is 16. The largest absolute Gasteiger partial charge is 0.355 e. The lowest BCUT2D eigenvalue weighted by atomic mass is 10.1. The summed E-state index contributed by atoms with van der Waals surface area (Å²) in [6.45, 7) is 7.31. The lowest BCUT2D eigenvalue weighted by Gasteiger charge is -2.08. The topological polar surface area (TPSA) is 70.2 Å². The first kappa shape index (κ1) is 31.9. The van der Waals surface area contributed by atoms with Gasteiger partial charge in [0.25, 0.3) is 0 Å². The van der Waals surface area contributed by atoms with Gasteiger partial charge in [-0.15, -0.1) is 0 Å². The van der Waals surface area contributed by atoms with Gasteiger partial charge in [-0.05, 0) is 12.8 Å². The fraction of sp³-hybridized carbons (Fsp3) is 0.929. The predicted molar refractivity (Wildman–Crippen MR) is 143 cm³/mol. The highest BCUT2D eigenvalue weighted by Crippen LogP contribution is 2.11. The van der Waals surface area contributed by atoms with E-state index in [4.69, 9.17) is 0 Å². The summed E-state index contributed by atoms with van der Waals surface area (Å²) in [6, 6.07) is 0. The summed E-state index contributed by atoms with van der Waals surface area (Å²) in [7, 11) is 0. The normalized spacial score (nSPS) is 11.0. The third-order valence-corrected chi connectivity index (χ3v) is 6.26. The summed E-state index contributed by atoms with van der Waals surface area (Å²) in [4.78, 5) is 23.7. The second-order valence-electron chi connectivity index (χ2n) is 9.61. The molecule has 0 heterocycles. The van der Waals surface area contributed by atoms with Crippen LogP contribution in [0, 0.1) is 0 Å². The average molecular weight is 468 g/mol. The monoisotopic (exact) mass is 467 g/mol. The summed E-state index contributed by atoms with van der Waals surface area (Å²) >= 11 is 0. The molecule has 0 aromatic carbocycles. The first-order chi connectivity index (χ1) is 16.2. The molecule has 0 fully saturated rings. The number of rotatable bonds is 26. The highest BCUT2D eigenvalue weighted by molar-refractivity contribution is 5.76. The minimum absolute atomic E-state index is 0.161. The molecular weight excluding hydrogens is 410 g/mol. The van der Waals surface area contributed by atoms with E-state index in [-0.39, 0.29) is 11.8 Å². The minimum Gasteiger partial charge on any atom is -0.355 e. The molecule has 0 saturated carbocycles. The van der Waals surface area contributed by atoms with Gasteiger partial charge in [-0.2, -0.15) is 0 Å². The van der Waals surface area contributed by atoms with E-state index in [0.717, 1.165) is 38.8 Å². The van der Waals surface area contributed by atoms with Crippen molar-refractivity contribution < 1.29 is 9.59 Å². The number of hydrogen-bond donors (Lipinski definition) is 3. The highest BCUT2D eigenvalue weighted by atomic mass is 16.2. The maximum Gasteiger partial charge on any atom is 0.220 e. The Labute approximate surface area is 206 Å². The SMILES string of the molecule is CCCCCCCCCCCC(=O)NCCNCCNC(=O)CCCCCCCCCCC. The van der Waals surface area contributed by atoms with Crippen LogP contribution in [0.25, 0.3) is 0 Å². The number of amides is 2. The summed E-state index contributed by atoms with van der Waals surface area (Å²) in [6.07, 6.45) is 24.3. The quantitative estimate of drug-likeness (QED) is 0.125. The summed E-state index contributed by atoms with van der Waals surface area (Å²) in [5.41, 5.74) is 0. The van der Waals surface area contributed by atoms with Gasteiger partial charge in [0.15, 0.2) is 0 Å². The van der Waals surface area contributed by atoms with Gasteiger partial charge in [-0.25, -0.2) is 0 Å². The molecule has 0 aromatic rings. The molecule has 0 atom stereocenters. The van der Waals surface area contributed by atoms with Gasteiger partial charge in [-0.3, -0.25) is 9.59 Å². The van der Waals surface area contributed by atoms with E-state index in [0.29, 0.717) is 25.9 Å². The number of carbonyl (C=O) groups is 2. The van der Waals surface area contributed by atoms with Gasteiger partial charge in [0, 0.05) is 39.0 Å². The van der Waals surface area contributed by atoms with Gasteiger partial charge in [-0.1, -0.05) is 117 Å². The third-order valence-electron chi connectivity index (χ3n) is 6.26. The van der Waals surface area contributed by atoms with Gasteiger partial charge in [0.1, 0.15) is 0 Å². The van der Waals surface area contributed by atoms with Crippen molar-refractivity contribution in [1.29, 1.82) is 0 Å². The van der Waals surface area contributed by atoms with Crippen molar-refractivity contribution in [1.82, 2.24) is 16.0 Å². The van der Waals surface area contributed by atoms with E-state index < -0.39 is 0 Å². The number of carbonyl (C=O) groups excluding carboxylic acids is 2. The van der Waals surface area contributed by atoms with Crippen LogP contribution in [0.5, 0.6) is 0 Å². The Morgan fingerprint density at radius 2 is 0.727 bits per heavy atom. The molecule has 0 aliphatic rings. The molecule has 5 heteroatoms. The molecule has 33 heavy (non-hydrogen) atoms. The lowest BCUT2D eigenvalue weighted by Crippen LogP contribution is -2.36. The van der Waals surface area contributed by atoms with Crippen molar-refractivity contribution in [3.05, 3.63) is 0 Å². The molecule has 196 valence electrons. The van der Waals surface area contributed by atoms with Crippen LogP contribution in [0.15, 0.2) is 0 Å². The zero-order chi connectivity index (χ0) is 24.2. The maximum absolute atomic E-state index is 11.9. The summed E-state index contributed by atoms with van der Waals surface area (Å²) in [5, 5.41) is 9.23. The minimum atomic E-state index is 0.161. The molecule has 0 aliphatic heterocycles. The standard InChI is InChI=1S/C28H57N3O2/c1-3-5-7-9-11-13-15-17-19-21-27(32)30-25-23-29-24-26-31-28(33)22-20-18-16-14-12-10-8-6-4-2/h29H,3-26H2,1-2H3,(H,30,32)(H,31,33). The Morgan fingerprint density at radius 1 is 0.424 bits per heavy atom. The van der Waals surface area contributed by atoms with Crippen molar-refractivity contribution in [2.24, 2.45) is 0 Å². The molecule has 0 aliphatic carbocycles. The molecule has 0 radical (unpaired) electrons. The zero-order valence-electron chi connectivity index (χ0n) is 22.3. The van der Waals surface area contributed by atoms with E-state index in [1.165, 1.54) is 89.9 Å². The van der Waals surface area contributed by atoms with Crippen LogP contribution in [0.3, 0.4) is 0 Å². The highest BCUT2D eigenvalue weighted by Gasteiger charge is 2.02. The molecule has 0 rings (SSSR count). The predicted octanol–water partition coefficient (Wildman–Crippen LogP) is 6.65. The van der Waals surface area contributed by atoms with Crippen LogP contribution in [-0.2, 0) is 9.59 Å². The van der Waals surface area contributed by atoms with Crippen LogP contribution in [0.1, 0.15) is 142 Å². The van der Waals surface area contributed by atoms with Crippen LogP contribution < -0.4 is 16.0 Å². The molecule has 0 spiro atoms. The Hall–Kier alpha value is -1.10. The van der Waals surface area contributed by atoms with Crippen LogP contribution in [-0.4, -0.2) is 38.0 Å². The van der Waals surface area contributed by atoms with E-state index >= 15 is 0 Å². The molecule has 2 amide bonds. The Bertz CT molecular complexity index is 391. The van der Waals surface area contributed by atoms with E-state index in [9.17, 15) is 9.59 Å². The number of hydrogen-bond acceptors (Lipinski definition) is 3. The summed E-state index contributed by atoms with van der Waals surface area (Å²) in [5.74, 6) is 0.322. The van der Waals surface area contributed by atoms with Crippen molar-refractivity contribution in [2.75, 3.05) is 26.2 Å². The Kier molecular flexibility index (Phi) is 26.2. The van der Waals surface area contributed by atoms with Crippen molar-refractivity contribution in [2.45, 2.75) is 142 Å². The van der Waals surface area contributed by atoms with Crippen molar-refractivity contribution in [3.8, 4) is 0 Å². The molecule has 0 saturated heterocycles. The average Bonchev–Trinajstić information content (AvgIpc) is 2.81. The van der Waals surface area contributed by atoms with Crippen molar-refractivity contribution in [3.63, 3.8) is 0 Å². The molecule has 0 unspecified atom stereocenters. The van der Waals surface area contributed by atoms with Gasteiger partial charge in [0.2, 0.25) is 11.8 Å². The fourth-order valence-corrected chi connectivity index (χ4v) is 4.07. The Balaban J connectivity index is 3.26. The zero-order valence-corrected chi connectivity index (χ0v) is 22.3. The van der Waals surface area contributed by atoms with Gasteiger partial charge >= 0.3 is 0 Å². The smallest absolute Gasteiger partial charge is 0.220 e. The first-order valence-corrected chi connectivity index (χ1v) is 14.4. The molecule has 5 nitrogen and oxygen atoms in total. The lowest BCUT2D eigenvalue weighted by molar-refractivity contribution is -0.121. The third kappa shape index (κ3) is 27.0. The first-order valence-electron chi connectivity index (χ1n) is 14.4. The molecule has 0 bridgehead atoms. The van der Waals surface area contributed by atoms with Crippen molar-refractivity contribution >= 4 is 11.8 Å². The van der Waals surface area contributed by atoms with E-state index in [1.54, 1.807) is 0 Å². The van der Waals surface area contributed by atoms with E-state index in [1.807, 2.05) is 0 Å². The maximum atomic E-state index is 11.9. The van der Waals surface area contributed by atoms with E-state index in [2.05, 4.69) is 29.8 Å². The second kappa shape index (κ2) is 27.1. The Morgan fingerprint density at radius 3 is 1.06 bits per heavy atom. The molecule has 3 N–H and O–H groups in total.